The largest absolute Gasteiger partial charge is 0.441 e. The summed E-state index contributed by atoms with van der Waals surface area (Å²) in [6.45, 7) is 4.97. The van der Waals surface area contributed by atoms with Gasteiger partial charge in [-0.1, -0.05) is 13.0 Å². The molecule has 9 heteroatoms. The summed E-state index contributed by atoms with van der Waals surface area (Å²) >= 11 is 1.50. The molecule has 0 unspecified atom stereocenters. The minimum Gasteiger partial charge on any atom is -0.441 e. The number of carbonyl (C=O) groups excluding carboxylic acids is 1. The Hall–Kier alpha value is -2.65. The normalized spacial score (nSPS) is 14.0. The Morgan fingerprint density at radius 2 is 2.14 bits per heavy atom. The molecule has 1 N–H and O–H groups in total. The highest BCUT2D eigenvalue weighted by Gasteiger charge is 2.21. The molecule has 0 saturated heterocycles. The Balaban J connectivity index is 1.35. The lowest BCUT2D eigenvalue weighted by Gasteiger charge is -2.23. The number of halogens is 2. The van der Waals surface area contributed by atoms with E-state index >= 15 is 0 Å². The van der Waals surface area contributed by atoms with E-state index in [9.17, 15) is 13.6 Å². The Bertz CT molecular complexity index is 1010. The number of fused-ring (bicyclic) bond motifs is 1. The van der Waals surface area contributed by atoms with Crippen LogP contribution in [0.3, 0.4) is 0 Å². The molecule has 1 aromatic carbocycles. The lowest BCUT2D eigenvalue weighted by molar-refractivity contribution is -0.116. The number of rotatable bonds is 6. The second kappa shape index (κ2) is 8.38. The molecule has 0 spiro atoms. The molecule has 0 bridgehead atoms. The summed E-state index contributed by atoms with van der Waals surface area (Å²) in [6.07, 6.45) is 2.51. The number of oxazole rings is 1. The first-order chi connectivity index (χ1) is 14.0. The molecule has 2 aromatic heterocycles. The average molecular weight is 418 g/mol. The predicted molar refractivity (Wildman–Crippen MR) is 106 cm³/mol. The molecule has 3 aromatic rings. The second-order valence-electron chi connectivity index (χ2n) is 6.77. The Morgan fingerprint density at radius 3 is 2.90 bits per heavy atom. The van der Waals surface area contributed by atoms with Gasteiger partial charge in [0.15, 0.2) is 16.8 Å². The van der Waals surface area contributed by atoms with Gasteiger partial charge in [0.05, 0.1) is 17.5 Å². The van der Waals surface area contributed by atoms with Crippen LogP contribution in [0.2, 0.25) is 0 Å². The minimum atomic E-state index is -0.722. The van der Waals surface area contributed by atoms with Crippen molar-refractivity contribution < 1.29 is 18.0 Å². The third-order valence-electron chi connectivity index (χ3n) is 4.83. The minimum absolute atomic E-state index is 0.00378. The number of benzene rings is 1. The van der Waals surface area contributed by atoms with Crippen LogP contribution in [0.1, 0.15) is 29.8 Å². The fraction of sp³-hybridized carbons (Fsp3) is 0.350. The predicted octanol–water partition coefficient (Wildman–Crippen LogP) is 4.03. The average Bonchev–Trinajstić information content (AvgIpc) is 3.32. The summed E-state index contributed by atoms with van der Waals surface area (Å²) in [5, 5.41) is 3.42. The summed E-state index contributed by atoms with van der Waals surface area (Å²) in [5.74, 6) is -1.40. The maximum Gasteiger partial charge on any atom is 0.226 e. The molecule has 1 aliphatic heterocycles. The molecule has 152 valence electrons. The molecule has 1 amide bonds. The van der Waals surface area contributed by atoms with Crippen LogP contribution in [0.25, 0.3) is 11.3 Å². The monoisotopic (exact) mass is 418 g/mol. The number of aromatic nitrogens is 2. The van der Waals surface area contributed by atoms with Gasteiger partial charge in [0.2, 0.25) is 5.91 Å². The number of thiazole rings is 1. The molecule has 0 radical (unpaired) electrons. The maximum absolute atomic E-state index is 13.8. The Morgan fingerprint density at radius 1 is 1.34 bits per heavy atom. The van der Waals surface area contributed by atoms with E-state index in [4.69, 9.17) is 4.42 Å². The summed E-state index contributed by atoms with van der Waals surface area (Å²) in [4.78, 5) is 24.3. The van der Waals surface area contributed by atoms with Crippen molar-refractivity contribution in [3.8, 4) is 11.3 Å². The fourth-order valence-electron chi connectivity index (χ4n) is 3.25. The second-order valence-corrected chi connectivity index (χ2v) is 7.85. The third-order valence-corrected chi connectivity index (χ3v) is 5.83. The van der Waals surface area contributed by atoms with E-state index in [1.807, 2.05) is 0 Å². The fourth-order valence-corrected chi connectivity index (χ4v) is 4.32. The van der Waals surface area contributed by atoms with E-state index in [1.54, 1.807) is 0 Å². The van der Waals surface area contributed by atoms with Crippen molar-refractivity contribution in [2.45, 2.75) is 32.7 Å². The van der Waals surface area contributed by atoms with Gasteiger partial charge in [0.1, 0.15) is 11.6 Å². The van der Waals surface area contributed by atoms with E-state index in [1.165, 1.54) is 28.5 Å². The van der Waals surface area contributed by atoms with Crippen molar-refractivity contribution in [3.05, 3.63) is 52.5 Å². The number of nitrogens with one attached hydrogen (secondary N) is 1. The quantitative estimate of drug-likeness (QED) is 0.655. The standard InChI is InChI=1S/C20H20F2N4O2S/c1-2-26-9-8-14-16(11-26)29-20(24-14)25-17(27)6-7-18-23-10-15(28-18)19-12(21)4-3-5-13(19)22/h3-5,10H,2,6-9,11H2,1H3,(H,24,25,27). The highest BCUT2D eigenvalue weighted by Crippen LogP contribution is 2.29. The first-order valence-electron chi connectivity index (χ1n) is 9.43. The first-order valence-corrected chi connectivity index (χ1v) is 10.2. The molecule has 1 aliphatic rings. The van der Waals surface area contributed by atoms with Gasteiger partial charge in [-0.3, -0.25) is 9.69 Å². The number of hydrogen-bond acceptors (Lipinski definition) is 6. The first kappa shape index (κ1) is 19.7. The molecule has 0 fully saturated rings. The van der Waals surface area contributed by atoms with E-state index < -0.39 is 11.6 Å². The van der Waals surface area contributed by atoms with Gasteiger partial charge < -0.3 is 9.73 Å². The lowest BCUT2D eigenvalue weighted by atomic mass is 10.1. The SMILES string of the molecule is CCN1CCc2nc(NC(=O)CCc3ncc(-c4c(F)cccc4F)o3)sc2C1. The molecule has 3 heterocycles. The molecular formula is C20H20F2N4O2S. The van der Waals surface area contributed by atoms with E-state index in [0.29, 0.717) is 5.13 Å². The van der Waals surface area contributed by atoms with Gasteiger partial charge in [-0.2, -0.15) is 0 Å². The van der Waals surface area contributed by atoms with Crippen LogP contribution in [-0.2, 0) is 24.2 Å². The van der Waals surface area contributed by atoms with Crippen molar-refractivity contribution in [2.75, 3.05) is 18.4 Å². The van der Waals surface area contributed by atoms with Gasteiger partial charge >= 0.3 is 0 Å². The summed E-state index contributed by atoms with van der Waals surface area (Å²) in [7, 11) is 0. The highest BCUT2D eigenvalue weighted by molar-refractivity contribution is 7.15. The van der Waals surface area contributed by atoms with Crippen LogP contribution in [0.5, 0.6) is 0 Å². The zero-order valence-corrected chi connectivity index (χ0v) is 16.7. The van der Waals surface area contributed by atoms with E-state index in [0.717, 1.165) is 43.9 Å². The number of amides is 1. The summed E-state index contributed by atoms with van der Waals surface area (Å²) < 4.78 is 33.1. The van der Waals surface area contributed by atoms with Crippen LogP contribution in [0.15, 0.2) is 28.8 Å². The maximum atomic E-state index is 13.8. The van der Waals surface area contributed by atoms with Crippen LogP contribution >= 0.6 is 11.3 Å². The number of hydrogen-bond donors (Lipinski definition) is 1. The van der Waals surface area contributed by atoms with Crippen molar-refractivity contribution >= 4 is 22.4 Å². The van der Waals surface area contributed by atoms with Crippen LogP contribution in [0, 0.1) is 11.6 Å². The zero-order valence-electron chi connectivity index (χ0n) is 15.9. The Kier molecular flexibility index (Phi) is 5.68. The number of carbonyl (C=O) groups is 1. The summed E-state index contributed by atoms with van der Waals surface area (Å²) in [6, 6.07) is 3.59. The number of anilines is 1. The van der Waals surface area contributed by atoms with Crippen molar-refractivity contribution in [1.82, 2.24) is 14.9 Å². The molecule has 0 atom stereocenters. The topological polar surface area (TPSA) is 71.3 Å². The molecule has 0 aliphatic carbocycles. The van der Waals surface area contributed by atoms with Crippen LogP contribution in [-0.4, -0.2) is 33.9 Å². The van der Waals surface area contributed by atoms with Gasteiger partial charge in [-0.15, -0.1) is 11.3 Å². The molecule has 0 saturated carbocycles. The molecule has 6 nitrogen and oxygen atoms in total. The van der Waals surface area contributed by atoms with Gasteiger partial charge in [-0.05, 0) is 18.7 Å². The van der Waals surface area contributed by atoms with Crippen LogP contribution < -0.4 is 5.32 Å². The molecule has 29 heavy (non-hydrogen) atoms. The van der Waals surface area contributed by atoms with Crippen molar-refractivity contribution in [1.29, 1.82) is 0 Å². The third kappa shape index (κ3) is 4.35. The highest BCUT2D eigenvalue weighted by atomic mass is 32.1. The zero-order chi connectivity index (χ0) is 20.4. The molecular weight excluding hydrogens is 398 g/mol. The van der Waals surface area contributed by atoms with Gasteiger partial charge in [0, 0.05) is 37.2 Å². The lowest BCUT2D eigenvalue weighted by Crippen LogP contribution is -2.29. The van der Waals surface area contributed by atoms with Gasteiger partial charge in [-0.25, -0.2) is 18.7 Å². The number of aryl methyl sites for hydroxylation is 1. The van der Waals surface area contributed by atoms with Gasteiger partial charge in [0.25, 0.3) is 0 Å². The van der Waals surface area contributed by atoms with Crippen molar-refractivity contribution in [3.63, 3.8) is 0 Å². The smallest absolute Gasteiger partial charge is 0.226 e. The van der Waals surface area contributed by atoms with Crippen LogP contribution in [0.4, 0.5) is 13.9 Å². The summed E-state index contributed by atoms with van der Waals surface area (Å²) in [5.41, 5.74) is 0.796. The Labute approximate surface area is 170 Å². The van der Waals surface area contributed by atoms with Crippen molar-refractivity contribution in [2.24, 2.45) is 0 Å². The van der Waals surface area contributed by atoms with E-state index in [-0.39, 0.29) is 36.0 Å². The number of likely N-dealkylation sites (N-methyl/N-ethyl adjacent to an activating group) is 1. The molecule has 4 rings (SSSR count). The van der Waals surface area contributed by atoms with E-state index in [2.05, 4.69) is 27.1 Å². The number of nitrogens with zero attached hydrogens (tertiary/aromatic N) is 3.